The summed E-state index contributed by atoms with van der Waals surface area (Å²) < 4.78 is 6.18. The summed E-state index contributed by atoms with van der Waals surface area (Å²) in [5.41, 5.74) is 4.03. The molecule has 2 saturated heterocycles. The van der Waals surface area contributed by atoms with Gasteiger partial charge in [-0.05, 0) is 68.3 Å². The molecule has 0 radical (unpaired) electrons. The van der Waals surface area contributed by atoms with Gasteiger partial charge >= 0.3 is 0 Å². The molecule has 0 spiro atoms. The predicted molar refractivity (Wildman–Crippen MR) is 145 cm³/mol. The van der Waals surface area contributed by atoms with Gasteiger partial charge in [0.2, 0.25) is 5.95 Å². The van der Waals surface area contributed by atoms with Crippen LogP contribution in [0.25, 0.3) is 6.08 Å². The number of piperidine rings is 1. The summed E-state index contributed by atoms with van der Waals surface area (Å²) in [6, 6.07) is 7.14. The van der Waals surface area contributed by atoms with Crippen LogP contribution in [0.1, 0.15) is 31.0 Å². The van der Waals surface area contributed by atoms with E-state index in [1.54, 1.807) is 24.4 Å². The van der Waals surface area contributed by atoms with Crippen molar-refractivity contribution in [2.24, 2.45) is 5.92 Å². The molecule has 8 nitrogen and oxygen atoms in total. The number of amides is 2. The molecule has 5 rings (SSSR count). The largest absolute Gasteiger partial charge is 0.473 e. The Morgan fingerprint density at radius 3 is 2.84 bits per heavy atom. The second-order valence-corrected chi connectivity index (χ2v) is 11.1. The lowest BCUT2D eigenvalue weighted by atomic mass is 9.96. The molecule has 1 aromatic carbocycles. The van der Waals surface area contributed by atoms with E-state index in [0.717, 1.165) is 55.6 Å². The first-order valence-corrected chi connectivity index (χ1v) is 13.5. The SMILES string of the molecule is CC1(c2ccc(Cl)cc2Cl)C=C=C(CNCC2CCN(c3nccc(/C=C4\SC(=O)NC4=O)n3)CC2)O1. The van der Waals surface area contributed by atoms with E-state index in [1.165, 1.54) is 0 Å². The van der Waals surface area contributed by atoms with E-state index in [-0.39, 0.29) is 5.24 Å². The van der Waals surface area contributed by atoms with Gasteiger partial charge in [-0.1, -0.05) is 35.0 Å². The first kappa shape index (κ1) is 25.8. The van der Waals surface area contributed by atoms with Crippen LogP contribution in [0.5, 0.6) is 0 Å². The van der Waals surface area contributed by atoms with Crippen molar-refractivity contribution >= 4 is 58.1 Å². The summed E-state index contributed by atoms with van der Waals surface area (Å²) in [7, 11) is 0. The third kappa shape index (κ3) is 6.03. The Morgan fingerprint density at radius 2 is 2.11 bits per heavy atom. The van der Waals surface area contributed by atoms with Gasteiger partial charge in [0.15, 0.2) is 11.4 Å². The Labute approximate surface area is 229 Å². The molecule has 2 N–H and O–H groups in total. The van der Waals surface area contributed by atoms with Crippen molar-refractivity contribution in [3.05, 3.63) is 74.2 Å². The Morgan fingerprint density at radius 1 is 1.30 bits per heavy atom. The number of hydrogen-bond acceptors (Lipinski definition) is 8. The molecule has 3 aliphatic heterocycles. The first-order valence-electron chi connectivity index (χ1n) is 11.9. The fraction of sp³-hybridized carbons (Fsp3) is 0.346. The highest BCUT2D eigenvalue weighted by Crippen LogP contribution is 2.38. The van der Waals surface area contributed by atoms with Gasteiger partial charge in [-0.3, -0.25) is 14.9 Å². The lowest BCUT2D eigenvalue weighted by Gasteiger charge is -2.32. The van der Waals surface area contributed by atoms with E-state index >= 15 is 0 Å². The van der Waals surface area contributed by atoms with Gasteiger partial charge in [0.05, 0.1) is 17.1 Å². The monoisotopic (exact) mass is 557 g/mol. The Balaban J connectivity index is 1.08. The third-order valence-electron chi connectivity index (χ3n) is 6.51. The smallest absolute Gasteiger partial charge is 0.290 e. The molecule has 3 aliphatic rings. The third-order valence-corrected chi connectivity index (χ3v) is 7.87. The van der Waals surface area contributed by atoms with Crippen LogP contribution in [0.4, 0.5) is 10.7 Å². The topological polar surface area (TPSA) is 96.5 Å². The zero-order chi connectivity index (χ0) is 26.0. The number of hydrogen-bond donors (Lipinski definition) is 2. The number of carbonyl (C=O) groups is 2. The van der Waals surface area contributed by atoms with Crippen molar-refractivity contribution in [3.8, 4) is 0 Å². The van der Waals surface area contributed by atoms with Gasteiger partial charge in [0.25, 0.3) is 11.1 Å². The molecule has 37 heavy (non-hydrogen) atoms. The second kappa shape index (κ2) is 10.9. The van der Waals surface area contributed by atoms with E-state index in [2.05, 4.69) is 31.2 Å². The molecule has 11 heteroatoms. The molecule has 2 fully saturated rings. The van der Waals surface area contributed by atoms with Crippen LogP contribution in [-0.2, 0) is 15.1 Å². The maximum atomic E-state index is 11.8. The molecule has 0 saturated carbocycles. The highest BCUT2D eigenvalue weighted by molar-refractivity contribution is 8.18. The van der Waals surface area contributed by atoms with Crippen molar-refractivity contribution in [1.29, 1.82) is 0 Å². The van der Waals surface area contributed by atoms with Crippen molar-refractivity contribution in [1.82, 2.24) is 20.6 Å². The average molecular weight is 558 g/mol. The van der Waals surface area contributed by atoms with Gasteiger partial charge in [0.1, 0.15) is 0 Å². The summed E-state index contributed by atoms with van der Waals surface area (Å²) in [4.78, 5) is 34.7. The van der Waals surface area contributed by atoms with Crippen molar-refractivity contribution in [2.45, 2.75) is 25.4 Å². The number of thioether (sulfide) groups is 1. The zero-order valence-electron chi connectivity index (χ0n) is 20.1. The fourth-order valence-corrected chi connectivity index (χ4v) is 5.78. The van der Waals surface area contributed by atoms with Crippen LogP contribution >= 0.6 is 35.0 Å². The highest BCUT2D eigenvalue weighted by atomic mass is 35.5. The van der Waals surface area contributed by atoms with Crippen LogP contribution in [0.2, 0.25) is 10.0 Å². The Kier molecular flexibility index (Phi) is 7.60. The van der Waals surface area contributed by atoms with E-state index in [1.807, 2.05) is 25.1 Å². The number of rotatable bonds is 7. The van der Waals surface area contributed by atoms with E-state index in [0.29, 0.717) is 39.1 Å². The average Bonchev–Trinajstić information content (AvgIpc) is 3.40. The molecule has 4 heterocycles. The maximum absolute atomic E-state index is 11.8. The van der Waals surface area contributed by atoms with Crippen LogP contribution in [0, 0.1) is 5.92 Å². The van der Waals surface area contributed by atoms with Crippen LogP contribution in [-0.4, -0.2) is 47.3 Å². The summed E-state index contributed by atoms with van der Waals surface area (Å²) >= 11 is 13.3. The van der Waals surface area contributed by atoms with Crippen LogP contribution < -0.4 is 15.5 Å². The van der Waals surface area contributed by atoms with E-state index in [4.69, 9.17) is 27.9 Å². The summed E-state index contributed by atoms with van der Waals surface area (Å²) in [6.45, 7) is 5.10. The van der Waals surface area contributed by atoms with E-state index < -0.39 is 11.5 Å². The quantitative estimate of drug-likeness (QED) is 0.366. The molecule has 0 aliphatic carbocycles. The lowest BCUT2D eigenvalue weighted by Crippen LogP contribution is -2.38. The lowest BCUT2D eigenvalue weighted by molar-refractivity contribution is -0.115. The van der Waals surface area contributed by atoms with Crippen molar-refractivity contribution in [3.63, 3.8) is 0 Å². The summed E-state index contributed by atoms with van der Waals surface area (Å²) in [5.74, 6) is 1.51. The maximum Gasteiger partial charge on any atom is 0.290 e. The molecule has 0 bridgehead atoms. The predicted octanol–water partition coefficient (Wildman–Crippen LogP) is 4.90. The summed E-state index contributed by atoms with van der Waals surface area (Å²) in [5, 5.41) is 6.54. The number of nitrogens with zero attached hydrogens (tertiary/aromatic N) is 3. The van der Waals surface area contributed by atoms with Gasteiger partial charge in [-0.2, -0.15) is 0 Å². The Bertz CT molecular complexity index is 1340. The minimum atomic E-state index is -0.662. The molecule has 1 unspecified atom stereocenters. The molecule has 192 valence electrons. The number of imide groups is 1. The number of aromatic nitrogens is 2. The number of benzene rings is 1. The van der Waals surface area contributed by atoms with Crippen molar-refractivity contribution in [2.75, 3.05) is 31.1 Å². The van der Waals surface area contributed by atoms with E-state index in [9.17, 15) is 9.59 Å². The van der Waals surface area contributed by atoms with Gasteiger partial charge in [-0.25, -0.2) is 9.97 Å². The number of anilines is 1. The number of carbonyl (C=O) groups excluding carboxylic acids is 2. The van der Waals surface area contributed by atoms with Crippen molar-refractivity contribution < 1.29 is 14.3 Å². The molecule has 1 aromatic heterocycles. The number of halogens is 2. The molecule has 2 aromatic rings. The van der Waals surface area contributed by atoms with Crippen LogP contribution in [0.3, 0.4) is 0 Å². The zero-order valence-corrected chi connectivity index (χ0v) is 22.4. The molecule has 1 atom stereocenters. The normalized spacial score (nSPS) is 22.9. The minimum Gasteiger partial charge on any atom is -0.473 e. The van der Waals surface area contributed by atoms with Gasteiger partial charge < -0.3 is 15.0 Å². The molecular weight excluding hydrogens is 533 g/mol. The molecule has 2 amide bonds. The first-order chi connectivity index (χ1) is 17.8. The molecular formula is C26H25Cl2N5O3S. The standard InChI is InChI=1S/C26H25Cl2N5O3S/c1-26(20-3-2-17(27)12-21(20)28)8-4-19(36-26)15-29-14-16-6-10-33(11-7-16)24-30-9-5-18(31-24)13-22-23(34)32-25(35)37-22/h2-3,5,8-9,12-13,16,29H,6-7,10-11,14-15H2,1H3,(H,32,34,35)/b22-13-. The van der Waals surface area contributed by atoms with Gasteiger partial charge in [-0.15, -0.1) is 0 Å². The minimum absolute atomic E-state index is 0.340. The van der Waals surface area contributed by atoms with Gasteiger partial charge in [0, 0.05) is 41.0 Å². The number of nitrogens with one attached hydrogen (secondary N) is 2. The summed E-state index contributed by atoms with van der Waals surface area (Å²) in [6.07, 6.45) is 7.20. The second-order valence-electron chi connectivity index (χ2n) is 9.24. The Hall–Kier alpha value is -2.81. The number of ether oxygens (including phenoxy) is 1. The fourth-order valence-electron chi connectivity index (χ4n) is 4.52. The highest BCUT2D eigenvalue weighted by Gasteiger charge is 2.32. The van der Waals surface area contributed by atoms with Crippen LogP contribution in [0.15, 0.2) is 52.9 Å².